The van der Waals surface area contributed by atoms with Gasteiger partial charge < -0.3 is 14.2 Å². The Balaban J connectivity index is 1.60. The Labute approximate surface area is 192 Å². The summed E-state index contributed by atoms with van der Waals surface area (Å²) in [6.07, 6.45) is 0.360. The highest BCUT2D eigenvalue weighted by atomic mass is 32.2. The number of rotatable bonds is 7. The summed E-state index contributed by atoms with van der Waals surface area (Å²) in [6, 6.07) is 12.9. The highest BCUT2D eigenvalue weighted by molar-refractivity contribution is 7.91. The van der Waals surface area contributed by atoms with Gasteiger partial charge in [0.1, 0.15) is 11.6 Å². The van der Waals surface area contributed by atoms with Gasteiger partial charge in [-0.15, -0.1) is 0 Å². The predicted molar refractivity (Wildman–Crippen MR) is 121 cm³/mol. The van der Waals surface area contributed by atoms with Crippen molar-refractivity contribution < 1.29 is 26.9 Å². The summed E-state index contributed by atoms with van der Waals surface area (Å²) in [5, 5.41) is 3.90. The van der Waals surface area contributed by atoms with E-state index >= 15 is 0 Å². The minimum absolute atomic E-state index is 0.0391. The smallest absolute Gasteiger partial charge is 0.276 e. The standard InChI is InChI=1S/C24H25FN2O5S/c1-3-31-20-8-5-17(6-9-20)14-27(19-10-11-33(29,30)15-19)24(28)22-13-23(32-26-22)18-7-4-16(2)21(25)12-18/h4-9,12-13,19H,3,10-11,14-15H2,1-2H3/t19-/m1/s1. The fourth-order valence-corrected chi connectivity index (χ4v) is 5.58. The molecule has 0 spiro atoms. The molecule has 3 aromatic rings. The van der Waals surface area contributed by atoms with Crippen LogP contribution in [0.2, 0.25) is 0 Å². The third-order valence-corrected chi connectivity index (χ3v) is 7.43. The monoisotopic (exact) mass is 472 g/mol. The lowest BCUT2D eigenvalue weighted by Crippen LogP contribution is -2.40. The second kappa shape index (κ2) is 9.35. The Hall–Kier alpha value is -3.20. The Morgan fingerprint density at radius 1 is 1.21 bits per heavy atom. The van der Waals surface area contributed by atoms with Gasteiger partial charge in [-0.2, -0.15) is 0 Å². The molecule has 0 unspecified atom stereocenters. The van der Waals surface area contributed by atoms with Gasteiger partial charge in [-0.05, 0) is 49.6 Å². The molecule has 1 atom stereocenters. The molecule has 1 aliphatic heterocycles. The minimum Gasteiger partial charge on any atom is -0.494 e. The molecule has 9 heteroatoms. The molecule has 0 N–H and O–H groups in total. The maximum Gasteiger partial charge on any atom is 0.276 e. The lowest BCUT2D eigenvalue weighted by atomic mass is 10.1. The molecular weight excluding hydrogens is 447 g/mol. The number of benzene rings is 2. The number of sulfone groups is 1. The molecule has 0 aliphatic carbocycles. The number of amides is 1. The Morgan fingerprint density at radius 3 is 2.61 bits per heavy atom. The van der Waals surface area contributed by atoms with E-state index in [2.05, 4.69) is 5.16 Å². The molecular formula is C24H25FN2O5S. The van der Waals surface area contributed by atoms with Crippen molar-refractivity contribution in [2.45, 2.75) is 32.9 Å². The van der Waals surface area contributed by atoms with E-state index in [9.17, 15) is 17.6 Å². The van der Waals surface area contributed by atoms with Gasteiger partial charge in [-0.3, -0.25) is 4.79 Å². The molecule has 1 aliphatic rings. The Bertz CT molecular complexity index is 1250. The zero-order chi connectivity index (χ0) is 23.6. The Morgan fingerprint density at radius 2 is 1.97 bits per heavy atom. The number of aromatic nitrogens is 1. The third-order valence-electron chi connectivity index (χ3n) is 5.68. The molecule has 2 heterocycles. The first-order valence-corrected chi connectivity index (χ1v) is 12.5. The van der Waals surface area contributed by atoms with Gasteiger partial charge in [0.15, 0.2) is 21.3 Å². The number of nitrogens with zero attached hydrogens (tertiary/aromatic N) is 2. The van der Waals surface area contributed by atoms with E-state index in [4.69, 9.17) is 9.26 Å². The molecule has 1 fully saturated rings. The van der Waals surface area contributed by atoms with Gasteiger partial charge in [-0.1, -0.05) is 29.4 Å². The molecule has 0 radical (unpaired) electrons. The minimum atomic E-state index is -3.21. The number of hydrogen-bond donors (Lipinski definition) is 0. The summed E-state index contributed by atoms with van der Waals surface area (Å²) in [6.45, 7) is 4.31. The summed E-state index contributed by atoms with van der Waals surface area (Å²) in [4.78, 5) is 14.9. The summed E-state index contributed by atoms with van der Waals surface area (Å²) >= 11 is 0. The molecule has 174 valence electrons. The van der Waals surface area contributed by atoms with E-state index in [1.165, 1.54) is 17.0 Å². The van der Waals surface area contributed by atoms with Crippen molar-refractivity contribution in [3.05, 3.63) is 71.2 Å². The van der Waals surface area contributed by atoms with Gasteiger partial charge in [0.2, 0.25) is 0 Å². The summed E-state index contributed by atoms with van der Waals surface area (Å²) in [7, 11) is -3.21. The maximum atomic E-state index is 14.0. The van der Waals surface area contributed by atoms with Crippen LogP contribution in [0.25, 0.3) is 11.3 Å². The van der Waals surface area contributed by atoms with E-state index < -0.39 is 21.8 Å². The molecule has 7 nitrogen and oxygen atoms in total. The van der Waals surface area contributed by atoms with E-state index in [0.29, 0.717) is 29.9 Å². The number of hydrogen-bond acceptors (Lipinski definition) is 6. The number of ether oxygens (including phenoxy) is 1. The van der Waals surface area contributed by atoms with Crippen LogP contribution < -0.4 is 4.74 Å². The van der Waals surface area contributed by atoms with Gasteiger partial charge in [0, 0.05) is 24.2 Å². The predicted octanol–water partition coefficient (Wildman–Crippen LogP) is 4.02. The van der Waals surface area contributed by atoms with Crippen molar-refractivity contribution in [1.82, 2.24) is 10.1 Å². The SMILES string of the molecule is CCOc1ccc(CN(C(=O)c2cc(-c3ccc(C)c(F)c3)on2)[C@@H]2CCS(=O)(=O)C2)cc1. The average Bonchev–Trinajstić information content (AvgIpc) is 3.41. The van der Waals surface area contributed by atoms with Gasteiger partial charge >= 0.3 is 0 Å². The molecule has 0 saturated carbocycles. The van der Waals surface area contributed by atoms with E-state index in [1.54, 1.807) is 19.1 Å². The van der Waals surface area contributed by atoms with Crippen molar-refractivity contribution in [3.8, 4) is 17.1 Å². The number of carbonyl (C=O) groups excluding carboxylic acids is 1. The maximum absolute atomic E-state index is 14.0. The van der Waals surface area contributed by atoms with Crippen molar-refractivity contribution in [2.24, 2.45) is 0 Å². The summed E-state index contributed by atoms with van der Waals surface area (Å²) < 4.78 is 48.9. The van der Waals surface area contributed by atoms with Crippen LogP contribution in [0.3, 0.4) is 0 Å². The molecule has 4 rings (SSSR count). The van der Waals surface area contributed by atoms with Crippen LogP contribution in [0.1, 0.15) is 35.0 Å². The highest BCUT2D eigenvalue weighted by Crippen LogP contribution is 2.26. The van der Waals surface area contributed by atoms with Crippen LogP contribution in [0.4, 0.5) is 4.39 Å². The highest BCUT2D eigenvalue weighted by Gasteiger charge is 2.36. The van der Waals surface area contributed by atoms with Crippen molar-refractivity contribution in [3.63, 3.8) is 0 Å². The van der Waals surface area contributed by atoms with Crippen LogP contribution in [-0.4, -0.2) is 48.5 Å². The first-order valence-electron chi connectivity index (χ1n) is 10.7. The number of aryl methyl sites for hydroxylation is 1. The molecule has 2 aromatic carbocycles. The van der Waals surface area contributed by atoms with Crippen molar-refractivity contribution in [1.29, 1.82) is 0 Å². The molecule has 33 heavy (non-hydrogen) atoms. The summed E-state index contributed by atoms with van der Waals surface area (Å²) in [5.74, 6) is 0.103. The van der Waals surface area contributed by atoms with Crippen LogP contribution in [0.15, 0.2) is 53.1 Å². The average molecular weight is 473 g/mol. The molecule has 0 bridgehead atoms. The zero-order valence-corrected chi connectivity index (χ0v) is 19.3. The van der Waals surface area contributed by atoms with E-state index in [0.717, 1.165) is 5.56 Å². The van der Waals surface area contributed by atoms with Crippen LogP contribution in [-0.2, 0) is 16.4 Å². The van der Waals surface area contributed by atoms with Gasteiger partial charge in [0.25, 0.3) is 5.91 Å². The Kier molecular flexibility index (Phi) is 6.51. The normalized spacial score (nSPS) is 17.1. The largest absolute Gasteiger partial charge is 0.494 e. The fraction of sp³-hybridized carbons (Fsp3) is 0.333. The zero-order valence-electron chi connectivity index (χ0n) is 18.5. The van der Waals surface area contributed by atoms with Crippen LogP contribution >= 0.6 is 0 Å². The first kappa shape index (κ1) is 23.0. The second-order valence-corrected chi connectivity index (χ2v) is 10.3. The van der Waals surface area contributed by atoms with E-state index in [-0.39, 0.29) is 35.3 Å². The van der Waals surface area contributed by atoms with E-state index in [1.807, 2.05) is 31.2 Å². The number of halogens is 1. The van der Waals surface area contributed by atoms with Crippen LogP contribution in [0.5, 0.6) is 5.75 Å². The lowest BCUT2D eigenvalue weighted by molar-refractivity contribution is 0.0670. The van der Waals surface area contributed by atoms with Crippen molar-refractivity contribution >= 4 is 15.7 Å². The fourth-order valence-electron chi connectivity index (χ4n) is 3.85. The van der Waals surface area contributed by atoms with Gasteiger partial charge in [-0.25, -0.2) is 12.8 Å². The molecule has 1 aromatic heterocycles. The lowest BCUT2D eigenvalue weighted by Gasteiger charge is -2.27. The second-order valence-electron chi connectivity index (χ2n) is 8.11. The first-order chi connectivity index (χ1) is 15.8. The molecule has 1 saturated heterocycles. The number of carbonyl (C=O) groups is 1. The topological polar surface area (TPSA) is 89.7 Å². The van der Waals surface area contributed by atoms with Gasteiger partial charge in [0.05, 0.1) is 18.1 Å². The summed E-state index contributed by atoms with van der Waals surface area (Å²) in [5.41, 5.74) is 1.84. The molecule has 1 amide bonds. The van der Waals surface area contributed by atoms with Crippen molar-refractivity contribution in [2.75, 3.05) is 18.1 Å². The third kappa shape index (κ3) is 5.24. The quantitative estimate of drug-likeness (QED) is 0.516. The van der Waals surface area contributed by atoms with Crippen LogP contribution in [0, 0.1) is 12.7 Å².